The number of aryl methyl sites for hydroxylation is 1. The molecule has 0 atom stereocenters. The number of hydrogen-bond acceptors (Lipinski definition) is 4. The topological polar surface area (TPSA) is 38.8 Å². The van der Waals surface area contributed by atoms with Crippen molar-refractivity contribution in [2.75, 3.05) is 18.7 Å². The number of methoxy groups -OCH3 is 1. The number of cyclic esters (lactones) is 1. The van der Waals surface area contributed by atoms with Gasteiger partial charge >= 0.3 is 5.97 Å². The van der Waals surface area contributed by atoms with Crippen LogP contribution in [0.25, 0.3) is 0 Å². The molecule has 1 aliphatic rings. The normalized spacial score (nSPS) is 13.7. The summed E-state index contributed by atoms with van der Waals surface area (Å²) in [6, 6.07) is 13.5. The first kappa shape index (κ1) is 12.5. The second-order valence-corrected chi connectivity index (χ2v) is 4.71. The summed E-state index contributed by atoms with van der Waals surface area (Å²) in [7, 11) is 1.58. The second kappa shape index (κ2) is 4.89. The molecule has 0 saturated carbocycles. The van der Waals surface area contributed by atoms with Gasteiger partial charge in [-0.15, -0.1) is 0 Å². The number of benzene rings is 2. The fourth-order valence-corrected chi connectivity index (χ4v) is 2.25. The van der Waals surface area contributed by atoms with Gasteiger partial charge in [0.2, 0.25) is 0 Å². The third kappa shape index (κ3) is 2.09. The molecule has 0 unspecified atom stereocenters. The molecule has 0 spiro atoms. The number of hydrogen-bond donors (Lipinski definition) is 0. The highest BCUT2D eigenvalue weighted by Gasteiger charge is 2.25. The first-order chi connectivity index (χ1) is 9.69. The van der Waals surface area contributed by atoms with Gasteiger partial charge in [-0.05, 0) is 37.3 Å². The number of nitrogens with zero attached hydrogens (tertiary/aromatic N) is 1. The summed E-state index contributed by atoms with van der Waals surface area (Å²) < 4.78 is 10.4. The van der Waals surface area contributed by atoms with Gasteiger partial charge in [0.15, 0.2) is 6.73 Å². The maximum atomic E-state index is 11.9. The van der Waals surface area contributed by atoms with Crippen LogP contribution in [0.5, 0.6) is 5.75 Å². The Morgan fingerprint density at radius 1 is 1.15 bits per heavy atom. The molecule has 1 heterocycles. The molecule has 4 nitrogen and oxygen atoms in total. The average Bonchev–Trinajstić information content (AvgIpc) is 2.49. The Morgan fingerprint density at radius 2 is 1.90 bits per heavy atom. The summed E-state index contributed by atoms with van der Waals surface area (Å²) in [6.45, 7) is 2.26. The Bertz CT molecular complexity index is 649. The van der Waals surface area contributed by atoms with Gasteiger partial charge in [0.1, 0.15) is 5.75 Å². The lowest BCUT2D eigenvalue weighted by atomic mass is 10.1. The number of fused-ring (bicyclic) bond motifs is 1. The molecule has 102 valence electrons. The standard InChI is InChI=1S/C16H15NO3/c1-11-3-5-12(6-4-11)17-10-20-16(18)14-9-13(19-2)7-8-15(14)17/h3-9H,10H2,1-2H3. The maximum absolute atomic E-state index is 11.9. The summed E-state index contributed by atoms with van der Waals surface area (Å²) in [5, 5.41) is 0. The van der Waals surface area contributed by atoms with Crippen molar-refractivity contribution in [3.05, 3.63) is 53.6 Å². The fourth-order valence-electron chi connectivity index (χ4n) is 2.25. The molecule has 3 rings (SSSR count). The smallest absolute Gasteiger partial charge is 0.342 e. The molecule has 0 aliphatic carbocycles. The number of esters is 1. The van der Waals surface area contributed by atoms with Crippen LogP contribution in [-0.4, -0.2) is 19.8 Å². The SMILES string of the molecule is COc1ccc2c(c1)C(=O)OCN2c1ccc(C)cc1. The Hall–Kier alpha value is -2.49. The Kier molecular flexibility index (Phi) is 3.06. The largest absolute Gasteiger partial charge is 0.497 e. The van der Waals surface area contributed by atoms with Crippen LogP contribution in [-0.2, 0) is 4.74 Å². The summed E-state index contributed by atoms with van der Waals surface area (Å²) in [5.74, 6) is 0.328. The summed E-state index contributed by atoms with van der Waals surface area (Å²) >= 11 is 0. The van der Waals surface area contributed by atoms with E-state index in [9.17, 15) is 4.79 Å². The monoisotopic (exact) mass is 269 g/mol. The van der Waals surface area contributed by atoms with Crippen molar-refractivity contribution in [1.29, 1.82) is 0 Å². The lowest BCUT2D eigenvalue weighted by Crippen LogP contribution is -2.30. The molecule has 0 radical (unpaired) electrons. The van der Waals surface area contributed by atoms with Crippen molar-refractivity contribution in [3.8, 4) is 5.75 Å². The zero-order valence-corrected chi connectivity index (χ0v) is 11.4. The van der Waals surface area contributed by atoms with Crippen molar-refractivity contribution in [2.24, 2.45) is 0 Å². The molecule has 4 heteroatoms. The Labute approximate surface area is 117 Å². The fraction of sp³-hybridized carbons (Fsp3) is 0.188. The molecule has 0 saturated heterocycles. The van der Waals surface area contributed by atoms with Crippen molar-refractivity contribution in [1.82, 2.24) is 0 Å². The van der Waals surface area contributed by atoms with E-state index in [-0.39, 0.29) is 12.7 Å². The van der Waals surface area contributed by atoms with Gasteiger partial charge in [0, 0.05) is 5.69 Å². The van der Waals surface area contributed by atoms with E-state index >= 15 is 0 Å². The number of anilines is 2. The van der Waals surface area contributed by atoms with E-state index in [4.69, 9.17) is 9.47 Å². The molecular weight excluding hydrogens is 254 g/mol. The molecule has 0 fully saturated rings. The third-order valence-corrected chi connectivity index (χ3v) is 3.38. The van der Waals surface area contributed by atoms with Gasteiger partial charge in [0.25, 0.3) is 0 Å². The van der Waals surface area contributed by atoms with E-state index in [1.807, 2.05) is 48.2 Å². The minimum Gasteiger partial charge on any atom is -0.497 e. The molecule has 2 aromatic rings. The van der Waals surface area contributed by atoms with Crippen LogP contribution >= 0.6 is 0 Å². The highest BCUT2D eigenvalue weighted by atomic mass is 16.5. The van der Waals surface area contributed by atoms with Crippen LogP contribution in [0.1, 0.15) is 15.9 Å². The van der Waals surface area contributed by atoms with Gasteiger partial charge in [0.05, 0.1) is 18.4 Å². The highest BCUT2D eigenvalue weighted by Crippen LogP contribution is 2.34. The first-order valence-electron chi connectivity index (χ1n) is 6.38. The molecule has 1 aliphatic heterocycles. The van der Waals surface area contributed by atoms with Gasteiger partial charge in [-0.3, -0.25) is 0 Å². The van der Waals surface area contributed by atoms with E-state index in [0.29, 0.717) is 11.3 Å². The second-order valence-electron chi connectivity index (χ2n) is 4.71. The Morgan fingerprint density at radius 3 is 2.60 bits per heavy atom. The number of ether oxygens (including phenoxy) is 2. The van der Waals surface area contributed by atoms with E-state index < -0.39 is 0 Å². The average molecular weight is 269 g/mol. The van der Waals surface area contributed by atoms with Crippen LogP contribution in [0.4, 0.5) is 11.4 Å². The first-order valence-corrected chi connectivity index (χ1v) is 6.38. The third-order valence-electron chi connectivity index (χ3n) is 3.38. The van der Waals surface area contributed by atoms with E-state index in [2.05, 4.69) is 0 Å². The van der Waals surface area contributed by atoms with Crippen LogP contribution in [0.3, 0.4) is 0 Å². The molecule has 20 heavy (non-hydrogen) atoms. The van der Waals surface area contributed by atoms with Crippen molar-refractivity contribution in [3.63, 3.8) is 0 Å². The number of rotatable bonds is 2. The van der Waals surface area contributed by atoms with E-state index in [0.717, 1.165) is 11.4 Å². The Balaban J connectivity index is 2.06. The van der Waals surface area contributed by atoms with Crippen molar-refractivity contribution >= 4 is 17.3 Å². The molecule has 0 bridgehead atoms. The molecule has 0 amide bonds. The van der Waals surface area contributed by atoms with E-state index in [1.165, 1.54) is 5.56 Å². The lowest BCUT2D eigenvalue weighted by molar-refractivity contribution is 0.0493. The van der Waals surface area contributed by atoms with Crippen LogP contribution in [0, 0.1) is 6.92 Å². The quantitative estimate of drug-likeness (QED) is 0.784. The van der Waals surface area contributed by atoms with Crippen molar-refractivity contribution in [2.45, 2.75) is 6.92 Å². The molecule has 2 aromatic carbocycles. The lowest BCUT2D eigenvalue weighted by Gasteiger charge is -2.30. The summed E-state index contributed by atoms with van der Waals surface area (Å²) in [5.41, 5.74) is 3.55. The number of carbonyl (C=O) groups is 1. The minimum absolute atomic E-state index is 0.223. The van der Waals surface area contributed by atoms with E-state index in [1.54, 1.807) is 13.2 Å². The van der Waals surface area contributed by atoms with Crippen LogP contribution in [0.2, 0.25) is 0 Å². The number of carbonyl (C=O) groups excluding carboxylic acids is 1. The van der Waals surface area contributed by atoms with Gasteiger partial charge in [-0.2, -0.15) is 0 Å². The van der Waals surface area contributed by atoms with Crippen LogP contribution < -0.4 is 9.64 Å². The van der Waals surface area contributed by atoms with Gasteiger partial charge < -0.3 is 14.4 Å². The minimum atomic E-state index is -0.317. The van der Waals surface area contributed by atoms with Crippen LogP contribution in [0.15, 0.2) is 42.5 Å². The van der Waals surface area contributed by atoms with Gasteiger partial charge in [-0.1, -0.05) is 17.7 Å². The maximum Gasteiger partial charge on any atom is 0.342 e. The zero-order valence-electron chi connectivity index (χ0n) is 11.4. The van der Waals surface area contributed by atoms with Gasteiger partial charge in [-0.25, -0.2) is 4.79 Å². The zero-order chi connectivity index (χ0) is 14.1. The summed E-state index contributed by atoms with van der Waals surface area (Å²) in [6.07, 6.45) is 0. The summed E-state index contributed by atoms with van der Waals surface area (Å²) in [4.78, 5) is 13.8. The predicted octanol–water partition coefficient (Wildman–Crippen LogP) is 3.27. The predicted molar refractivity (Wildman–Crippen MR) is 76.6 cm³/mol. The molecule has 0 aromatic heterocycles. The molecule has 0 N–H and O–H groups in total. The highest BCUT2D eigenvalue weighted by molar-refractivity contribution is 5.99. The molecular formula is C16H15NO3. The van der Waals surface area contributed by atoms with Crippen molar-refractivity contribution < 1.29 is 14.3 Å².